The van der Waals surface area contributed by atoms with Crippen LogP contribution in [0, 0.1) is 0 Å². The molecule has 0 radical (unpaired) electrons. The van der Waals surface area contributed by atoms with Crippen LogP contribution in [0.2, 0.25) is 0 Å². The van der Waals surface area contributed by atoms with Crippen LogP contribution < -0.4 is 24.6 Å². The fourth-order valence-electron chi connectivity index (χ4n) is 5.70. The number of hydrogen-bond acceptors (Lipinski definition) is 7. The maximum atomic E-state index is 6.47. The van der Waals surface area contributed by atoms with Crippen molar-refractivity contribution < 1.29 is 32.9 Å². The summed E-state index contributed by atoms with van der Waals surface area (Å²) >= 11 is 0. The molecule has 2 fully saturated rings. The Morgan fingerprint density at radius 3 is 1.82 bits per heavy atom. The fraction of sp³-hybridized carbons (Fsp3) is 0.333. The molecule has 0 N–H and O–H groups in total. The lowest BCUT2D eigenvalue weighted by atomic mass is 9.76. The molecule has 0 bridgehead atoms. The predicted octanol–water partition coefficient (Wildman–Crippen LogP) is 7.48. The smallest absolute Gasteiger partial charge is 0.187 e. The third kappa shape index (κ3) is 7.05. The van der Waals surface area contributed by atoms with E-state index in [2.05, 4.69) is 59.5 Å². The third-order valence-electron chi connectivity index (χ3n) is 8.10. The van der Waals surface area contributed by atoms with E-state index in [9.17, 15) is 0 Å². The van der Waals surface area contributed by atoms with E-state index in [1.54, 1.807) is 7.11 Å². The number of ether oxygens (including phenoxy) is 6. The first-order chi connectivity index (χ1) is 22.0. The Hall–Kier alpha value is -3.02. The molecule has 3 aliphatic heterocycles. The van der Waals surface area contributed by atoms with E-state index in [4.69, 9.17) is 32.9 Å². The van der Waals surface area contributed by atoms with E-state index >= 15 is 0 Å². The lowest BCUT2D eigenvalue weighted by Gasteiger charge is -2.36. The van der Waals surface area contributed by atoms with E-state index in [1.165, 1.54) is 11.1 Å². The second-order valence-corrected chi connectivity index (χ2v) is 13.0. The maximum Gasteiger partial charge on any atom is 0.187 e. The van der Waals surface area contributed by atoms with Gasteiger partial charge in [-0.25, -0.2) is 0 Å². The van der Waals surface area contributed by atoms with Crippen molar-refractivity contribution in [2.75, 3.05) is 33.5 Å². The molecule has 3 aliphatic rings. The first-order valence-electron chi connectivity index (χ1n) is 15.3. The summed E-state index contributed by atoms with van der Waals surface area (Å²) in [5.41, 5.74) is 4.12. The SMILES string of the molecule is CC1(C)c2cccc(P)c2Oc2c(POc3ccccc3C3OCCCO3)cccc21.COc1ccccc1C1OCCCO1. The summed E-state index contributed by atoms with van der Waals surface area (Å²) in [5, 5.41) is 2.11. The topological polar surface area (TPSA) is 64.6 Å². The molecule has 0 saturated carbocycles. The number of rotatable bonds is 6. The molecule has 0 aromatic heterocycles. The number of methoxy groups -OCH3 is 1. The predicted molar refractivity (Wildman–Crippen MR) is 181 cm³/mol. The summed E-state index contributed by atoms with van der Waals surface area (Å²) in [6, 6.07) is 28.3. The van der Waals surface area contributed by atoms with Crippen LogP contribution in [0.4, 0.5) is 0 Å². The Bertz CT molecular complexity index is 1600. The monoisotopic (exact) mass is 646 g/mol. The average molecular weight is 647 g/mol. The quantitative estimate of drug-likeness (QED) is 0.201. The minimum absolute atomic E-state index is 0.0986. The minimum Gasteiger partial charge on any atom is -0.496 e. The zero-order valence-corrected chi connectivity index (χ0v) is 28.1. The number of para-hydroxylation sites is 4. The van der Waals surface area contributed by atoms with Gasteiger partial charge in [-0.3, -0.25) is 0 Å². The van der Waals surface area contributed by atoms with E-state index < -0.39 is 0 Å². The highest BCUT2D eigenvalue weighted by Gasteiger charge is 2.36. The van der Waals surface area contributed by atoms with Crippen molar-refractivity contribution in [3.05, 3.63) is 107 Å². The van der Waals surface area contributed by atoms with Gasteiger partial charge in [-0.1, -0.05) is 80.6 Å². The van der Waals surface area contributed by atoms with Gasteiger partial charge in [-0.15, -0.1) is 9.24 Å². The Morgan fingerprint density at radius 2 is 1.20 bits per heavy atom. The zero-order valence-electron chi connectivity index (χ0n) is 25.9. The summed E-state index contributed by atoms with van der Waals surface area (Å²) in [6.45, 7) is 7.40. The van der Waals surface area contributed by atoms with Gasteiger partial charge in [-0.05, 0) is 31.0 Å². The molecule has 0 spiro atoms. The Balaban J connectivity index is 0.000000213. The molecule has 0 amide bonds. The van der Waals surface area contributed by atoms with Crippen LogP contribution in [-0.2, 0) is 24.4 Å². The zero-order chi connectivity index (χ0) is 31.2. The van der Waals surface area contributed by atoms with Gasteiger partial charge in [0.25, 0.3) is 0 Å². The number of fused-ring (bicyclic) bond motifs is 2. The molecule has 45 heavy (non-hydrogen) atoms. The van der Waals surface area contributed by atoms with E-state index in [-0.39, 0.29) is 26.8 Å². The lowest BCUT2D eigenvalue weighted by molar-refractivity contribution is -0.183. The van der Waals surface area contributed by atoms with Crippen LogP contribution in [0.1, 0.15) is 61.5 Å². The molecule has 7 rings (SSSR count). The van der Waals surface area contributed by atoms with Crippen molar-refractivity contribution in [3.63, 3.8) is 0 Å². The second kappa shape index (κ2) is 14.6. The standard InChI is InChI=1S/C25H26O4P2.C11H14O3/c1-25(2)17-9-5-12-20(30)22(17)28-23-18(25)10-6-13-21(23)31-29-19-11-4-3-8-16(19)24-26-14-7-15-27-24;1-12-10-6-3-2-5-9(10)11-13-7-4-8-14-11/h3-6,8-13,24,31H,7,14-15,30H2,1-2H3;2-3,5-6,11H,4,7-8H2,1H3. The van der Waals surface area contributed by atoms with Gasteiger partial charge in [0.15, 0.2) is 12.6 Å². The van der Waals surface area contributed by atoms with Crippen molar-refractivity contribution in [2.24, 2.45) is 0 Å². The molecule has 4 aromatic carbocycles. The normalized spacial score (nSPS) is 17.9. The van der Waals surface area contributed by atoms with Crippen molar-refractivity contribution in [1.82, 2.24) is 0 Å². The van der Waals surface area contributed by atoms with Crippen LogP contribution >= 0.6 is 18.0 Å². The fourth-order valence-corrected chi connectivity index (χ4v) is 6.88. The van der Waals surface area contributed by atoms with E-state index in [0.29, 0.717) is 13.2 Å². The van der Waals surface area contributed by atoms with Crippen molar-refractivity contribution in [2.45, 2.75) is 44.7 Å². The summed E-state index contributed by atoms with van der Waals surface area (Å²) in [7, 11) is 4.54. The van der Waals surface area contributed by atoms with Crippen molar-refractivity contribution >= 4 is 28.7 Å². The minimum atomic E-state index is -0.374. The van der Waals surface area contributed by atoms with E-state index in [1.807, 2.05) is 48.5 Å². The molecule has 7 nitrogen and oxygen atoms in total. The highest BCUT2D eigenvalue weighted by Crippen LogP contribution is 2.48. The van der Waals surface area contributed by atoms with Gasteiger partial charge in [0, 0.05) is 27.4 Å². The maximum absolute atomic E-state index is 6.47. The van der Waals surface area contributed by atoms with Gasteiger partial charge in [0.1, 0.15) is 31.8 Å². The molecule has 2 unspecified atom stereocenters. The number of benzene rings is 4. The summed E-state index contributed by atoms with van der Waals surface area (Å²) in [5.74, 6) is 3.43. The second-order valence-electron chi connectivity index (χ2n) is 11.5. The van der Waals surface area contributed by atoms with Gasteiger partial charge in [0.2, 0.25) is 0 Å². The van der Waals surface area contributed by atoms with E-state index in [0.717, 1.165) is 70.8 Å². The molecule has 0 aliphatic carbocycles. The summed E-state index contributed by atoms with van der Waals surface area (Å²) < 4.78 is 40.6. The average Bonchev–Trinajstić information content (AvgIpc) is 3.09. The third-order valence-corrected chi connectivity index (χ3v) is 9.49. The van der Waals surface area contributed by atoms with Crippen molar-refractivity contribution in [3.8, 4) is 23.0 Å². The van der Waals surface area contributed by atoms with Crippen LogP contribution in [0.25, 0.3) is 0 Å². The van der Waals surface area contributed by atoms with Gasteiger partial charge in [0.05, 0.1) is 44.4 Å². The molecule has 236 valence electrons. The largest absolute Gasteiger partial charge is 0.496 e. The molecule has 3 heterocycles. The van der Waals surface area contributed by atoms with Gasteiger partial charge >= 0.3 is 0 Å². The molecule has 2 saturated heterocycles. The van der Waals surface area contributed by atoms with Gasteiger partial charge in [-0.2, -0.15) is 0 Å². The lowest BCUT2D eigenvalue weighted by Crippen LogP contribution is -2.28. The molecule has 2 atom stereocenters. The van der Waals surface area contributed by atoms with Gasteiger partial charge < -0.3 is 32.9 Å². The van der Waals surface area contributed by atoms with Crippen molar-refractivity contribution in [1.29, 1.82) is 0 Å². The highest BCUT2D eigenvalue weighted by atomic mass is 31.1. The molecule has 4 aromatic rings. The van der Waals surface area contributed by atoms with Crippen LogP contribution in [-0.4, -0.2) is 33.5 Å². The summed E-state index contributed by atoms with van der Waals surface area (Å²) in [6.07, 6.45) is 1.25. The molecular formula is C36H40O7P2. The van der Waals surface area contributed by atoms with Crippen LogP contribution in [0.3, 0.4) is 0 Å². The Morgan fingerprint density at radius 1 is 0.667 bits per heavy atom. The number of hydrogen-bond donors (Lipinski definition) is 0. The highest BCUT2D eigenvalue weighted by molar-refractivity contribution is 7.42. The molecular weight excluding hydrogens is 606 g/mol. The first-order valence-corrected chi connectivity index (χ1v) is 16.8. The first kappa shape index (κ1) is 31.9. The Labute approximate surface area is 269 Å². The van der Waals surface area contributed by atoms with Crippen LogP contribution in [0.5, 0.6) is 23.0 Å². The Kier molecular flexibility index (Phi) is 10.4. The van der Waals surface area contributed by atoms with Crippen LogP contribution in [0.15, 0.2) is 84.9 Å². The summed E-state index contributed by atoms with van der Waals surface area (Å²) in [4.78, 5) is 0. The molecule has 9 heteroatoms.